The lowest BCUT2D eigenvalue weighted by atomic mass is 10.1. The molecule has 3 rings (SSSR count). The number of hydrogen-bond acceptors (Lipinski definition) is 5. The molecular formula is C21H20Br2N4O2S. The van der Waals surface area contributed by atoms with Crippen LogP contribution in [0.15, 0.2) is 69.2 Å². The van der Waals surface area contributed by atoms with Crippen LogP contribution >= 0.6 is 43.6 Å². The molecule has 156 valence electrons. The van der Waals surface area contributed by atoms with Gasteiger partial charge < -0.3 is 14.6 Å². The first-order valence-corrected chi connectivity index (χ1v) is 11.6. The molecular weight excluding hydrogens is 532 g/mol. The van der Waals surface area contributed by atoms with E-state index in [4.69, 9.17) is 4.74 Å². The van der Waals surface area contributed by atoms with Crippen molar-refractivity contribution < 1.29 is 9.53 Å². The van der Waals surface area contributed by atoms with Gasteiger partial charge in [-0.2, -0.15) is 0 Å². The number of thioether (sulfide) groups is 1. The summed E-state index contributed by atoms with van der Waals surface area (Å²) in [5, 5.41) is 12.2. The lowest BCUT2D eigenvalue weighted by Gasteiger charge is -2.09. The molecule has 0 aliphatic heterocycles. The molecule has 2 aromatic carbocycles. The Kier molecular flexibility index (Phi) is 8.12. The van der Waals surface area contributed by atoms with Gasteiger partial charge in [-0.15, -0.1) is 16.8 Å². The lowest BCUT2D eigenvalue weighted by Crippen LogP contribution is -2.15. The van der Waals surface area contributed by atoms with Crippen molar-refractivity contribution in [3.63, 3.8) is 0 Å². The smallest absolute Gasteiger partial charge is 0.234 e. The summed E-state index contributed by atoms with van der Waals surface area (Å²) in [6, 6.07) is 13.5. The molecule has 0 spiro atoms. The zero-order valence-electron chi connectivity index (χ0n) is 16.3. The molecule has 6 nitrogen and oxygen atoms in total. The minimum atomic E-state index is -0.122. The molecule has 9 heteroatoms. The van der Waals surface area contributed by atoms with Crippen LogP contribution in [0.25, 0.3) is 0 Å². The van der Waals surface area contributed by atoms with Crippen molar-refractivity contribution in [3.8, 4) is 5.75 Å². The SMILES string of the molecule is C=CCn1c(Cc2ccc(OC)cc2)nnc1SCC(=O)Nc1cc(Br)ccc1Br. The summed E-state index contributed by atoms with van der Waals surface area (Å²) >= 11 is 8.20. The molecule has 30 heavy (non-hydrogen) atoms. The Hall–Kier alpha value is -2.10. The van der Waals surface area contributed by atoms with E-state index in [1.165, 1.54) is 11.8 Å². The van der Waals surface area contributed by atoms with Gasteiger partial charge in [-0.25, -0.2) is 0 Å². The van der Waals surface area contributed by atoms with Gasteiger partial charge in [0.25, 0.3) is 0 Å². The van der Waals surface area contributed by atoms with Gasteiger partial charge in [0, 0.05) is 21.9 Å². The second kappa shape index (κ2) is 10.8. The number of carbonyl (C=O) groups excluding carboxylic acids is 1. The fourth-order valence-electron chi connectivity index (χ4n) is 2.70. The number of benzene rings is 2. The Morgan fingerprint density at radius 1 is 1.23 bits per heavy atom. The van der Waals surface area contributed by atoms with E-state index in [9.17, 15) is 4.79 Å². The van der Waals surface area contributed by atoms with Crippen molar-refractivity contribution in [2.24, 2.45) is 0 Å². The molecule has 3 aromatic rings. The van der Waals surface area contributed by atoms with Crippen LogP contribution in [0.1, 0.15) is 11.4 Å². The third kappa shape index (κ3) is 5.96. The second-order valence-electron chi connectivity index (χ2n) is 6.28. The largest absolute Gasteiger partial charge is 0.497 e. The Morgan fingerprint density at radius 3 is 2.70 bits per heavy atom. The van der Waals surface area contributed by atoms with Crippen molar-refractivity contribution in [3.05, 3.63) is 75.5 Å². The van der Waals surface area contributed by atoms with Gasteiger partial charge in [0.2, 0.25) is 5.91 Å². The van der Waals surface area contributed by atoms with Gasteiger partial charge in [0.1, 0.15) is 11.6 Å². The van der Waals surface area contributed by atoms with Crippen LogP contribution in [0.3, 0.4) is 0 Å². The molecule has 0 unspecified atom stereocenters. The highest BCUT2D eigenvalue weighted by Crippen LogP contribution is 2.27. The van der Waals surface area contributed by atoms with Crippen LogP contribution in [-0.2, 0) is 17.8 Å². The number of halogens is 2. The van der Waals surface area contributed by atoms with Crippen LogP contribution in [0, 0.1) is 0 Å². The molecule has 1 N–H and O–H groups in total. The number of rotatable bonds is 9. The van der Waals surface area contributed by atoms with E-state index >= 15 is 0 Å². The highest BCUT2D eigenvalue weighted by atomic mass is 79.9. The fraction of sp³-hybridized carbons (Fsp3) is 0.190. The second-order valence-corrected chi connectivity index (χ2v) is 9.00. The van der Waals surface area contributed by atoms with E-state index < -0.39 is 0 Å². The van der Waals surface area contributed by atoms with Crippen molar-refractivity contribution in [2.45, 2.75) is 18.1 Å². The predicted molar refractivity (Wildman–Crippen MR) is 127 cm³/mol. The van der Waals surface area contributed by atoms with E-state index in [1.807, 2.05) is 47.0 Å². The van der Waals surface area contributed by atoms with E-state index in [-0.39, 0.29) is 11.7 Å². The molecule has 0 radical (unpaired) electrons. The molecule has 1 amide bonds. The minimum Gasteiger partial charge on any atom is -0.497 e. The maximum Gasteiger partial charge on any atom is 0.234 e. The van der Waals surface area contributed by atoms with Crippen molar-refractivity contribution in [1.82, 2.24) is 14.8 Å². The number of amides is 1. The number of methoxy groups -OCH3 is 1. The van der Waals surface area contributed by atoms with Crippen LogP contribution in [0.4, 0.5) is 5.69 Å². The number of ether oxygens (including phenoxy) is 1. The third-order valence-electron chi connectivity index (χ3n) is 4.16. The molecule has 0 fully saturated rings. The van der Waals surface area contributed by atoms with E-state index in [1.54, 1.807) is 13.2 Å². The molecule has 0 bridgehead atoms. The average molecular weight is 552 g/mol. The number of anilines is 1. The summed E-state index contributed by atoms with van der Waals surface area (Å²) in [4.78, 5) is 12.4. The van der Waals surface area contributed by atoms with Crippen LogP contribution in [0.5, 0.6) is 5.75 Å². The van der Waals surface area contributed by atoms with E-state index in [2.05, 4.69) is 54.0 Å². The predicted octanol–water partition coefficient (Wildman–Crippen LogP) is 5.32. The normalized spacial score (nSPS) is 10.6. The number of nitrogens with zero attached hydrogens (tertiary/aromatic N) is 3. The Balaban J connectivity index is 1.67. The number of carbonyl (C=O) groups is 1. The Labute approximate surface area is 196 Å². The number of hydrogen-bond donors (Lipinski definition) is 1. The molecule has 0 saturated carbocycles. The van der Waals surface area contributed by atoms with Crippen LogP contribution in [0.2, 0.25) is 0 Å². The van der Waals surface area contributed by atoms with Gasteiger partial charge in [-0.1, -0.05) is 45.9 Å². The Bertz CT molecular complexity index is 1040. The first-order valence-electron chi connectivity index (χ1n) is 9.03. The monoisotopic (exact) mass is 550 g/mol. The highest BCUT2D eigenvalue weighted by Gasteiger charge is 2.15. The summed E-state index contributed by atoms with van der Waals surface area (Å²) in [7, 11) is 1.64. The minimum absolute atomic E-state index is 0.122. The maximum absolute atomic E-state index is 12.4. The molecule has 0 atom stereocenters. The van der Waals surface area contributed by atoms with Gasteiger partial charge in [0.15, 0.2) is 5.16 Å². The summed E-state index contributed by atoms with van der Waals surface area (Å²) in [6.45, 7) is 4.39. The quantitative estimate of drug-likeness (QED) is 0.288. The average Bonchev–Trinajstić information content (AvgIpc) is 3.11. The van der Waals surface area contributed by atoms with Crippen molar-refractivity contribution in [2.75, 3.05) is 18.2 Å². The first-order chi connectivity index (χ1) is 14.5. The maximum atomic E-state index is 12.4. The van der Waals surface area contributed by atoms with Crippen molar-refractivity contribution in [1.29, 1.82) is 0 Å². The molecule has 0 aliphatic carbocycles. The first kappa shape index (κ1) is 22.6. The lowest BCUT2D eigenvalue weighted by molar-refractivity contribution is -0.113. The summed E-state index contributed by atoms with van der Waals surface area (Å²) in [5.41, 5.74) is 1.81. The summed E-state index contributed by atoms with van der Waals surface area (Å²) < 4.78 is 8.89. The molecule has 0 saturated heterocycles. The summed E-state index contributed by atoms with van der Waals surface area (Å²) in [6.07, 6.45) is 2.42. The standard InChI is InChI=1S/C21H20Br2N4O2S/c1-3-10-27-19(11-14-4-7-16(29-2)8-5-14)25-26-21(27)30-13-20(28)24-18-12-15(22)6-9-17(18)23/h3-9,12H,1,10-11,13H2,2H3,(H,24,28). The molecule has 1 aromatic heterocycles. The number of aromatic nitrogens is 3. The van der Waals surface area contributed by atoms with Gasteiger partial charge in [0.05, 0.1) is 18.6 Å². The highest BCUT2D eigenvalue weighted by molar-refractivity contribution is 9.11. The molecule has 0 aliphatic rings. The van der Waals surface area contributed by atoms with Crippen LogP contribution in [-0.4, -0.2) is 33.5 Å². The topological polar surface area (TPSA) is 69.0 Å². The van der Waals surface area contributed by atoms with E-state index in [0.29, 0.717) is 23.8 Å². The third-order valence-corrected chi connectivity index (χ3v) is 6.31. The zero-order valence-corrected chi connectivity index (χ0v) is 20.3. The number of nitrogens with one attached hydrogen (secondary N) is 1. The number of allylic oxidation sites excluding steroid dienone is 1. The molecule has 1 heterocycles. The Morgan fingerprint density at radius 2 is 2.00 bits per heavy atom. The fourth-order valence-corrected chi connectivity index (χ4v) is 4.18. The van der Waals surface area contributed by atoms with Crippen molar-refractivity contribution >= 4 is 55.2 Å². The van der Waals surface area contributed by atoms with E-state index in [0.717, 1.165) is 26.1 Å². The van der Waals surface area contributed by atoms with Gasteiger partial charge in [-0.3, -0.25) is 4.79 Å². The zero-order chi connectivity index (χ0) is 21.5. The summed E-state index contributed by atoms with van der Waals surface area (Å²) in [5.74, 6) is 1.73. The van der Waals surface area contributed by atoms with Crippen LogP contribution < -0.4 is 10.1 Å². The van der Waals surface area contributed by atoms with Gasteiger partial charge >= 0.3 is 0 Å². The van der Waals surface area contributed by atoms with Gasteiger partial charge in [-0.05, 0) is 51.8 Å².